The Balaban J connectivity index is 2.94. The number of benzene rings is 1. The maximum atomic E-state index is 13.2. The fraction of sp³-hybridized carbons (Fsp3) is 0. The molecular weight excluding hydrogens is 287 g/mol. The average Bonchev–Trinajstić information content (AvgIpc) is 2.02. The average molecular weight is 291 g/mol. The fourth-order valence-corrected chi connectivity index (χ4v) is 1.92. The highest BCUT2D eigenvalue weighted by Gasteiger charge is 2.06. The van der Waals surface area contributed by atoms with Crippen LogP contribution in [0, 0.1) is 15.2 Å². The first-order chi connectivity index (χ1) is 6.18. The van der Waals surface area contributed by atoms with Gasteiger partial charge in [-0.15, -0.1) is 0 Å². The van der Waals surface area contributed by atoms with Crippen LogP contribution in [-0.2, 0) is 0 Å². The van der Waals surface area contributed by atoms with Gasteiger partial charge in [-0.1, -0.05) is 0 Å². The highest BCUT2D eigenvalue weighted by molar-refractivity contribution is 14.1. The molecule has 0 fully saturated rings. The number of hydrogen-bond acceptors (Lipinski definition) is 1. The predicted octanol–water partition coefficient (Wildman–Crippen LogP) is 3.12. The molecule has 1 heterocycles. The molecule has 13 heavy (non-hydrogen) atoms. The van der Waals surface area contributed by atoms with Gasteiger partial charge in [0.05, 0.1) is 0 Å². The Bertz CT molecular complexity index is 470. The van der Waals surface area contributed by atoms with Crippen LogP contribution in [0.5, 0.6) is 0 Å². The quantitative estimate of drug-likeness (QED) is 0.680. The minimum Gasteiger partial charge on any atom is -0.263 e. The molecule has 0 aliphatic heterocycles. The summed E-state index contributed by atoms with van der Waals surface area (Å²) >= 11 is 1.97. The SMILES string of the molecule is Fc1cc(F)c2c(I)cncc2c1. The van der Waals surface area contributed by atoms with Crippen LogP contribution < -0.4 is 0 Å². The van der Waals surface area contributed by atoms with Gasteiger partial charge in [-0.2, -0.15) is 0 Å². The first kappa shape index (κ1) is 8.80. The van der Waals surface area contributed by atoms with E-state index in [2.05, 4.69) is 4.98 Å². The molecule has 0 saturated carbocycles. The second-order valence-corrected chi connectivity index (χ2v) is 3.77. The zero-order chi connectivity index (χ0) is 9.42. The van der Waals surface area contributed by atoms with Gasteiger partial charge in [0.25, 0.3) is 0 Å². The number of nitrogens with zero attached hydrogens (tertiary/aromatic N) is 1. The van der Waals surface area contributed by atoms with Crippen molar-refractivity contribution in [2.45, 2.75) is 0 Å². The maximum absolute atomic E-state index is 13.2. The Morgan fingerprint density at radius 2 is 1.92 bits per heavy atom. The smallest absolute Gasteiger partial charge is 0.135 e. The molecule has 4 heteroatoms. The van der Waals surface area contributed by atoms with Crippen LogP contribution in [0.1, 0.15) is 0 Å². The zero-order valence-electron chi connectivity index (χ0n) is 6.39. The van der Waals surface area contributed by atoms with Crippen molar-refractivity contribution in [3.63, 3.8) is 0 Å². The summed E-state index contributed by atoms with van der Waals surface area (Å²) in [6, 6.07) is 2.15. The molecule has 0 atom stereocenters. The minimum atomic E-state index is -0.575. The molecule has 0 bridgehead atoms. The van der Waals surface area contributed by atoms with Crippen molar-refractivity contribution in [1.29, 1.82) is 0 Å². The first-order valence-corrected chi connectivity index (χ1v) is 4.64. The van der Waals surface area contributed by atoms with Gasteiger partial charge >= 0.3 is 0 Å². The van der Waals surface area contributed by atoms with Gasteiger partial charge in [-0.25, -0.2) is 8.78 Å². The van der Waals surface area contributed by atoms with Crippen LogP contribution in [0.4, 0.5) is 8.78 Å². The summed E-state index contributed by atoms with van der Waals surface area (Å²) in [6.45, 7) is 0. The van der Waals surface area contributed by atoms with Gasteiger partial charge in [0.1, 0.15) is 11.6 Å². The van der Waals surface area contributed by atoms with Gasteiger partial charge in [0.15, 0.2) is 0 Å². The fourth-order valence-electron chi connectivity index (χ4n) is 1.19. The molecule has 1 aromatic carbocycles. The zero-order valence-corrected chi connectivity index (χ0v) is 8.55. The lowest BCUT2D eigenvalue weighted by molar-refractivity contribution is 0.591. The van der Waals surface area contributed by atoms with E-state index in [1.165, 1.54) is 12.3 Å². The summed E-state index contributed by atoms with van der Waals surface area (Å²) in [5, 5.41) is 0.918. The van der Waals surface area contributed by atoms with Gasteiger partial charge in [-0.3, -0.25) is 4.98 Å². The largest absolute Gasteiger partial charge is 0.263 e. The Morgan fingerprint density at radius 3 is 2.69 bits per heavy atom. The second kappa shape index (κ2) is 3.17. The van der Waals surface area contributed by atoms with E-state index in [4.69, 9.17) is 0 Å². The second-order valence-electron chi connectivity index (χ2n) is 2.61. The Hall–Kier alpha value is -0.780. The van der Waals surface area contributed by atoms with Gasteiger partial charge in [0, 0.05) is 32.8 Å². The molecule has 0 amide bonds. The molecule has 1 aromatic heterocycles. The molecular formula is C9H4F2IN. The number of fused-ring (bicyclic) bond motifs is 1. The van der Waals surface area contributed by atoms with E-state index in [1.54, 1.807) is 6.20 Å². The van der Waals surface area contributed by atoms with Crippen LogP contribution >= 0.6 is 22.6 Å². The van der Waals surface area contributed by atoms with Crippen LogP contribution in [-0.4, -0.2) is 4.98 Å². The van der Waals surface area contributed by atoms with E-state index in [0.29, 0.717) is 14.3 Å². The molecule has 2 aromatic rings. The molecule has 0 radical (unpaired) electrons. The van der Waals surface area contributed by atoms with Crippen molar-refractivity contribution in [3.8, 4) is 0 Å². The summed E-state index contributed by atoms with van der Waals surface area (Å²) in [6.07, 6.45) is 2.99. The van der Waals surface area contributed by atoms with E-state index >= 15 is 0 Å². The van der Waals surface area contributed by atoms with Crippen LogP contribution in [0.25, 0.3) is 10.8 Å². The summed E-state index contributed by atoms with van der Waals surface area (Å²) in [5.41, 5.74) is 0. The number of aromatic nitrogens is 1. The Morgan fingerprint density at radius 1 is 1.15 bits per heavy atom. The lowest BCUT2D eigenvalue weighted by Gasteiger charge is -2.01. The highest BCUT2D eigenvalue weighted by atomic mass is 127. The number of hydrogen-bond donors (Lipinski definition) is 0. The van der Waals surface area contributed by atoms with Crippen LogP contribution in [0.15, 0.2) is 24.5 Å². The molecule has 2 rings (SSSR count). The van der Waals surface area contributed by atoms with Crippen LogP contribution in [0.2, 0.25) is 0 Å². The van der Waals surface area contributed by atoms with E-state index in [-0.39, 0.29) is 0 Å². The molecule has 0 spiro atoms. The first-order valence-electron chi connectivity index (χ1n) is 3.57. The summed E-state index contributed by atoms with van der Waals surface area (Å²) < 4.78 is 26.7. The van der Waals surface area contributed by atoms with Crippen molar-refractivity contribution < 1.29 is 8.78 Å². The Kier molecular flexibility index (Phi) is 2.15. The third-order valence-electron chi connectivity index (χ3n) is 1.73. The number of pyridine rings is 1. The third kappa shape index (κ3) is 1.50. The van der Waals surface area contributed by atoms with Crippen molar-refractivity contribution in [1.82, 2.24) is 4.98 Å². The molecule has 1 nitrogen and oxygen atoms in total. The summed E-state index contributed by atoms with van der Waals surface area (Å²) in [4.78, 5) is 3.85. The van der Waals surface area contributed by atoms with Crippen molar-refractivity contribution in [2.24, 2.45) is 0 Å². The predicted molar refractivity (Wildman–Crippen MR) is 54.4 cm³/mol. The molecule has 0 unspecified atom stereocenters. The van der Waals surface area contributed by atoms with E-state index in [9.17, 15) is 8.78 Å². The maximum Gasteiger partial charge on any atom is 0.135 e. The molecule has 0 aliphatic carbocycles. The van der Waals surface area contributed by atoms with Crippen molar-refractivity contribution in [2.75, 3.05) is 0 Å². The standard InChI is InChI=1S/C9H4F2IN/c10-6-1-5-3-13-4-8(12)9(5)7(11)2-6/h1-4H. The molecule has 0 saturated heterocycles. The van der Waals surface area contributed by atoms with E-state index in [0.717, 1.165) is 6.07 Å². The van der Waals surface area contributed by atoms with E-state index in [1.807, 2.05) is 22.6 Å². The summed E-state index contributed by atoms with van der Waals surface area (Å²) in [7, 11) is 0. The Labute approximate surface area is 86.9 Å². The lowest BCUT2D eigenvalue weighted by Crippen LogP contribution is -1.87. The van der Waals surface area contributed by atoms with Crippen molar-refractivity contribution in [3.05, 3.63) is 39.7 Å². The normalized spacial score (nSPS) is 10.7. The minimum absolute atomic E-state index is 0.428. The molecule has 0 N–H and O–H groups in total. The molecule has 66 valence electrons. The van der Waals surface area contributed by atoms with Gasteiger partial charge < -0.3 is 0 Å². The highest BCUT2D eigenvalue weighted by Crippen LogP contribution is 2.23. The van der Waals surface area contributed by atoms with Crippen LogP contribution in [0.3, 0.4) is 0 Å². The lowest BCUT2D eigenvalue weighted by atomic mass is 10.2. The number of halogens is 3. The topological polar surface area (TPSA) is 12.9 Å². The van der Waals surface area contributed by atoms with E-state index < -0.39 is 11.6 Å². The van der Waals surface area contributed by atoms with Crippen molar-refractivity contribution >= 4 is 33.4 Å². The number of rotatable bonds is 0. The van der Waals surface area contributed by atoms with Gasteiger partial charge in [-0.05, 0) is 28.7 Å². The monoisotopic (exact) mass is 291 g/mol. The molecule has 0 aliphatic rings. The summed E-state index contributed by atoms with van der Waals surface area (Å²) in [5.74, 6) is -1.12. The third-order valence-corrected chi connectivity index (χ3v) is 2.54. The van der Waals surface area contributed by atoms with Gasteiger partial charge in [0.2, 0.25) is 0 Å².